The molecule has 0 spiro atoms. The van der Waals surface area contributed by atoms with Gasteiger partial charge >= 0.3 is 0 Å². The SMILES string of the molecule is Oc1c(Br)cc(Cl)cc1/C=N/Nc1nc(N2CCCC2)nc(N2CCCC2)n1. The summed E-state index contributed by atoms with van der Waals surface area (Å²) in [6.45, 7) is 3.82. The Labute approximate surface area is 176 Å². The first-order valence-corrected chi connectivity index (χ1v) is 10.5. The third-order valence-corrected chi connectivity index (χ3v) is 5.64. The number of phenolic OH excluding ortho intramolecular Hbond substituents is 1. The molecule has 0 amide bonds. The van der Waals surface area contributed by atoms with E-state index in [9.17, 15) is 5.11 Å². The van der Waals surface area contributed by atoms with Crippen molar-refractivity contribution in [1.29, 1.82) is 0 Å². The first kappa shape index (κ1) is 19.2. The summed E-state index contributed by atoms with van der Waals surface area (Å²) in [4.78, 5) is 18.1. The molecule has 0 atom stereocenters. The number of nitrogens with zero attached hydrogens (tertiary/aromatic N) is 6. The van der Waals surface area contributed by atoms with Crippen molar-refractivity contribution in [2.75, 3.05) is 41.4 Å². The van der Waals surface area contributed by atoms with Crippen LogP contribution in [0.4, 0.5) is 17.8 Å². The Morgan fingerprint density at radius 1 is 1.00 bits per heavy atom. The van der Waals surface area contributed by atoms with Crippen molar-refractivity contribution in [1.82, 2.24) is 15.0 Å². The Hall–Kier alpha value is -2.13. The van der Waals surface area contributed by atoms with E-state index >= 15 is 0 Å². The molecule has 10 heteroatoms. The van der Waals surface area contributed by atoms with Crippen LogP contribution in [0.1, 0.15) is 31.2 Å². The molecule has 1 aromatic heterocycles. The number of phenols is 1. The fraction of sp³-hybridized carbons (Fsp3) is 0.444. The third-order valence-electron chi connectivity index (χ3n) is 4.82. The van der Waals surface area contributed by atoms with Crippen LogP contribution in [-0.2, 0) is 0 Å². The predicted molar refractivity (Wildman–Crippen MR) is 115 cm³/mol. The zero-order valence-corrected chi connectivity index (χ0v) is 17.6. The van der Waals surface area contributed by atoms with Crippen LogP contribution in [0.5, 0.6) is 5.75 Å². The van der Waals surface area contributed by atoms with Crippen LogP contribution in [0.3, 0.4) is 0 Å². The lowest BCUT2D eigenvalue weighted by Crippen LogP contribution is -2.25. The fourth-order valence-corrected chi connectivity index (χ4v) is 4.20. The van der Waals surface area contributed by atoms with E-state index in [-0.39, 0.29) is 5.75 Å². The molecule has 2 aliphatic heterocycles. The number of hydrogen-bond donors (Lipinski definition) is 2. The lowest BCUT2D eigenvalue weighted by molar-refractivity contribution is 0.471. The smallest absolute Gasteiger partial charge is 0.250 e. The number of rotatable bonds is 5. The monoisotopic (exact) mass is 465 g/mol. The van der Waals surface area contributed by atoms with Gasteiger partial charge in [-0.05, 0) is 53.7 Å². The Bertz CT molecular complexity index is 848. The Morgan fingerprint density at radius 2 is 1.57 bits per heavy atom. The summed E-state index contributed by atoms with van der Waals surface area (Å²) in [7, 11) is 0. The van der Waals surface area contributed by atoms with Gasteiger partial charge in [0.2, 0.25) is 17.8 Å². The molecule has 1 aromatic carbocycles. The first-order valence-electron chi connectivity index (χ1n) is 9.33. The summed E-state index contributed by atoms with van der Waals surface area (Å²) >= 11 is 9.31. The molecule has 4 rings (SSSR count). The number of halogens is 2. The van der Waals surface area contributed by atoms with Gasteiger partial charge in [0.15, 0.2) is 0 Å². The van der Waals surface area contributed by atoms with Crippen LogP contribution >= 0.6 is 27.5 Å². The second-order valence-corrected chi connectivity index (χ2v) is 8.13. The van der Waals surface area contributed by atoms with Gasteiger partial charge in [-0.3, -0.25) is 0 Å². The highest BCUT2D eigenvalue weighted by molar-refractivity contribution is 9.10. The van der Waals surface area contributed by atoms with Crippen molar-refractivity contribution in [3.63, 3.8) is 0 Å². The largest absolute Gasteiger partial charge is 0.506 e. The number of anilines is 3. The number of aromatic hydroxyl groups is 1. The maximum absolute atomic E-state index is 10.1. The van der Waals surface area contributed by atoms with E-state index in [0.717, 1.165) is 51.9 Å². The summed E-state index contributed by atoms with van der Waals surface area (Å²) < 4.78 is 0.509. The van der Waals surface area contributed by atoms with Crippen LogP contribution in [0, 0.1) is 0 Å². The summed E-state index contributed by atoms with van der Waals surface area (Å²) in [5.74, 6) is 1.82. The lowest BCUT2D eigenvalue weighted by Gasteiger charge is -2.20. The van der Waals surface area contributed by atoms with Gasteiger partial charge in [0.05, 0.1) is 10.7 Å². The minimum absolute atomic E-state index is 0.0705. The summed E-state index contributed by atoms with van der Waals surface area (Å²) in [5, 5.41) is 14.8. The molecule has 2 fully saturated rings. The van der Waals surface area contributed by atoms with E-state index < -0.39 is 0 Å². The van der Waals surface area contributed by atoms with Crippen LogP contribution in [-0.4, -0.2) is 52.5 Å². The molecule has 8 nitrogen and oxygen atoms in total. The van der Waals surface area contributed by atoms with E-state index in [1.165, 1.54) is 6.21 Å². The average molecular weight is 467 g/mol. The van der Waals surface area contributed by atoms with Gasteiger partial charge in [-0.2, -0.15) is 20.1 Å². The topological polar surface area (TPSA) is 89.8 Å². The second kappa shape index (κ2) is 8.48. The van der Waals surface area contributed by atoms with E-state index in [4.69, 9.17) is 11.6 Å². The molecule has 0 bridgehead atoms. The van der Waals surface area contributed by atoms with Crippen LogP contribution in [0.2, 0.25) is 5.02 Å². The maximum Gasteiger partial charge on any atom is 0.250 e. The van der Waals surface area contributed by atoms with Gasteiger partial charge in [0.25, 0.3) is 0 Å². The molecule has 0 saturated carbocycles. The van der Waals surface area contributed by atoms with Crippen molar-refractivity contribution in [3.05, 3.63) is 27.2 Å². The van der Waals surface area contributed by atoms with E-state index in [0.29, 0.717) is 32.9 Å². The van der Waals surface area contributed by atoms with Gasteiger partial charge in [0, 0.05) is 36.8 Å². The molecule has 2 aromatic rings. The van der Waals surface area contributed by atoms with Crippen LogP contribution in [0.15, 0.2) is 21.7 Å². The average Bonchev–Trinajstić information content (AvgIpc) is 3.39. The Balaban J connectivity index is 1.58. The highest BCUT2D eigenvalue weighted by atomic mass is 79.9. The van der Waals surface area contributed by atoms with E-state index in [1.807, 2.05) is 0 Å². The normalized spacial score (nSPS) is 17.1. The molecule has 0 radical (unpaired) electrons. The zero-order chi connectivity index (χ0) is 19.5. The standard InChI is InChI=1S/C18H21BrClN7O/c19-14-10-13(20)9-12(15(14)28)11-21-25-16-22-17(26-5-1-2-6-26)24-18(23-16)27-7-3-4-8-27/h9-11,28H,1-8H2,(H,22,23,24,25)/b21-11+. The Morgan fingerprint density at radius 3 is 2.14 bits per heavy atom. The second-order valence-electron chi connectivity index (χ2n) is 6.84. The van der Waals surface area contributed by atoms with Crippen molar-refractivity contribution in [2.24, 2.45) is 5.10 Å². The molecule has 2 saturated heterocycles. The van der Waals surface area contributed by atoms with Crippen LogP contribution < -0.4 is 15.2 Å². The third kappa shape index (κ3) is 4.30. The molecule has 28 heavy (non-hydrogen) atoms. The van der Waals surface area contributed by atoms with Gasteiger partial charge in [-0.15, -0.1) is 0 Å². The van der Waals surface area contributed by atoms with Gasteiger partial charge in [-0.25, -0.2) is 5.43 Å². The molecule has 3 heterocycles. The van der Waals surface area contributed by atoms with E-state index in [1.54, 1.807) is 12.1 Å². The predicted octanol–water partition coefficient (Wildman–Crippen LogP) is 3.64. The molecule has 0 aliphatic carbocycles. The highest BCUT2D eigenvalue weighted by Crippen LogP contribution is 2.30. The van der Waals surface area contributed by atoms with Crippen molar-refractivity contribution >= 4 is 51.6 Å². The minimum atomic E-state index is 0.0705. The molecule has 0 unspecified atom stereocenters. The van der Waals surface area contributed by atoms with Crippen LogP contribution in [0.25, 0.3) is 0 Å². The molecule has 2 N–H and O–H groups in total. The lowest BCUT2D eigenvalue weighted by atomic mass is 10.2. The van der Waals surface area contributed by atoms with Gasteiger partial charge in [-0.1, -0.05) is 11.6 Å². The molecular formula is C18H21BrClN7O. The summed E-state index contributed by atoms with van der Waals surface area (Å²) in [5.41, 5.74) is 3.36. The highest BCUT2D eigenvalue weighted by Gasteiger charge is 2.21. The quantitative estimate of drug-likeness (QED) is 0.513. The van der Waals surface area contributed by atoms with Crippen molar-refractivity contribution < 1.29 is 5.11 Å². The first-order chi connectivity index (χ1) is 13.6. The number of hydrazone groups is 1. The zero-order valence-electron chi connectivity index (χ0n) is 15.3. The number of nitrogens with one attached hydrogen (secondary N) is 1. The van der Waals surface area contributed by atoms with Crippen molar-refractivity contribution in [2.45, 2.75) is 25.7 Å². The number of benzene rings is 1. The number of hydrogen-bond acceptors (Lipinski definition) is 8. The maximum atomic E-state index is 10.1. The summed E-state index contributed by atoms with van der Waals surface area (Å²) in [6.07, 6.45) is 6.08. The molecule has 148 valence electrons. The molecular weight excluding hydrogens is 446 g/mol. The van der Waals surface area contributed by atoms with E-state index in [2.05, 4.69) is 51.2 Å². The minimum Gasteiger partial charge on any atom is -0.506 e. The van der Waals surface area contributed by atoms with Gasteiger partial charge in [0.1, 0.15) is 5.75 Å². The summed E-state index contributed by atoms with van der Waals surface area (Å²) in [6, 6.07) is 3.25. The Kier molecular flexibility index (Phi) is 5.82. The molecule has 2 aliphatic rings. The number of aromatic nitrogens is 3. The fourth-order valence-electron chi connectivity index (χ4n) is 3.36. The van der Waals surface area contributed by atoms with Crippen molar-refractivity contribution in [3.8, 4) is 5.75 Å². The van der Waals surface area contributed by atoms with Gasteiger partial charge < -0.3 is 14.9 Å².